The Bertz CT molecular complexity index is 508. The number of halogens is 1. The first kappa shape index (κ1) is 20.7. The Labute approximate surface area is 168 Å². The van der Waals surface area contributed by atoms with E-state index in [1.807, 2.05) is 24.3 Å². The molecule has 1 unspecified atom stereocenters. The number of ether oxygens (including phenoxy) is 4. The van der Waals surface area contributed by atoms with E-state index in [2.05, 4.69) is 7.05 Å². The second-order valence-electron chi connectivity index (χ2n) is 7.04. The molecule has 1 aromatic carbocycles. The van der Waals surface area contributed by atoms with Gasteiger partial charge in [-0.15, -0.1) is 0 Å². The summed E-state index contributed by atoms with van der Waals surface area (Å²) in [4.78, 5) is 0. The Balaban J connectivity index is 0.00000225. The fourth-order valence-corrected chi connectivity index (χ4v) is 3.24. The molecule has 6 heteroatoms. The van der Waals surface area contributed by atoms with Gasteiger partial charge in [-0.1, -0.05) is 12.1 Å². The van der Waals surface area contributed by atoms with Gasteiger partial charge in [0.15, 0.2) is 17.6 Å². The highest BCUT2D eigenvalue weighted by Gasteiger charge is 2.24. The topological polar surface area (TPSA) is 36.9 Å². The molecule has 1 saturated heterocycles. The maximum Gasteiger partial charge on any atom is 0.161 e. The zero-order valence-corrected chi connectivity index (χ0v) is 17.3. The minimum absolute atomic E-state index is 0. The molecule has 5 nitrogen and oxygen atoms in total. The van der Waals surface area contributed by atoms with Crippen LogP contribution in [0.4, 0.5) is 0 Å². The van der Waals surface area contributed by atoms with Gasteiger partial charge in [0.05, 0.1) is 33.4 Å². The Morgan fingerprint density at radius 2 is 1.84 bits per heavy atom. The van der Waals surface area contributed by atoms with Crippen molar-refractivity contribution < 1.29 is 47.4 Å². The lowest BCUT2D eigenvalue weighted by molar-refractivity contribution is -0.917. The fraction of sp³-hybridized carbons (Fsp3) is 0.684. The van der Waals surface area contributed by atoms with Crippen LogP contribution in [0, 0.1) is 0 Å². The first-order valence-electron chi connectivity index (χ1n) is 9.13. The summed E-state index contributed by atoms with van der Waals surface area (Å²) in [6, 6.07) is 7.79. The van der Waals surface area contributed by atoms with E-state index < -0.39 is 0 Å². The van der Waals surface area contributed by atoms with E-state index in [1.165, 1.54) is 19.4 Å². The van der Waals surface area contributed by atoms with Crippen molar-refractivity contribution in [2.45, 2.75) is 25.4 Å². The summed E-state index contributed by atoms with van der Waals surface area (Å²) in [5, 5.41) is 0. The predicted molar refractivity (Wildman–Crippen MR) is 92.6 cm³/mol. The second kappa shape index (κ2) is 10.5. The van der Waals surface area contributed by atoms with Gasteiger partial charge >= 0.3 is 0 Å². The molecule has 1 atom stereocenters. The maximum atomic E-state index is 5.89. The van der Waals surface area contributed by atoms with Gasteiger partial charge in [-0.25, -0.2) is 0 Å². The Morgan fingerprint density at radius 3 is 2.64 bits per heavy atom. The van der Waals surface area contributed by atoms with Crippen LogP contribution in [0.2, 0.25) is 0 Å². The normalized spacial score (nSPS) is 21.4. The molecule has 0 radical (unpaired) electrons. The third-order valence-electron chi connectivity index (χ3n) is 4.91. The number of para-hydroxylation sites is 2. The van der Waals surface area contributed by atoms with Crippen LogP contribution in [0.3, 0.4) is 0 Å². The maximum absolute atomic E-state index is 5.89. The Morgan fingerprint density at radius 1 is 1.08 bits per heavy atom. The van der Waals surface area contributed by atoms with Crippen molar-refractivity contribution in [2.75, 3.05) is 59.7 Å². The summed E-state index contributed by atoms with van der Waals surface area (Å²) < 4.78 is 24.0. The molecule has 2 aliphatic heterocycles. The van der Waals surface area contributed by atoms with Gasteiger partial charge in [-0.3, -0.25) is 0 Å². The number of hydrogen-bond acceptors (Lipinski definition) is 4. The predicted octanol–water partition coefficient (Wildman–Crippen LogP) is -0.506. The van der Waals surface area contributed by atoms with Gasteiger partial charge in [0.1, 0.15) is 19.7 Å². The molecule has 1 aromatic rings. The third kappa shape index (κ3) is 6.58. The summed E-state index contributed by atoms with van der Waals surface area (Å²) in [5.74, 6) is 1.65. The Kier molecular flexibility index (Phi) is 8.75. The van der Waals surface area contributed by atoms with Crippen LogP contribution in [-0.2, 0) is 9.47 Å². The van der Waals surface area contributed by atoms with E-state index in [4.69, 9.17) is 18.9 Å². The van der Waals surface area contributed by atoms with Gasteiger partial charge < -0.3 is 47.4 Å². The molecule has 0 aliphatic carbocycles. The smallest absolute Gasteiger partial charge is 0.161 e. The number of morpholine rings is 1. The molecular weight excluding hydrogens is 433 g/mol. The summed E-state index contributed by atoms with van der Waals surface area (Å²) in [6.07, 6.45) is 3.59. The molecular formula is C19H30INO4. The van der Waals surface area contributed by atoms with Crippen LogP contribution in [-0.4, -0.2) is 70.3 Å². The Hall–Kier alpha value is -0.570. The van der Waals surface area contributed by atoms with E-state index in [0.717, 1.165) is 55.3 Å². The van der Waals surface area contributed by atoms with Crippen molar-refractivity contribution in [2.24, 2.45) is 0 Å². The van der Waals surface area contributed by atoms with Crippen LogP contribution < -0.4 is 33.5 Å². The number of hydrogen-bond donors (Lipinski definition) is 0. The van der Waals surface area contributed by atoms with Gasteiger partial charge in [0.25, 0.3) is 0 Å². The molecule has 0 spiro atoms. The van der Waals surface area contributed by atoms with Crippen LogP contribution in [0.1, 0.15) is 19.3 Å². The van der Waals surface area contributed by atoms with Crippen molar-refractivity contribution >= 4 is 0 Å². The molecule has 0 amide bonds. The summed E-state index contributed by atoms with van der Waals surface area (Å²) >= 11 is 0. The molecule has 0 saturated carbocycles. The largest absolute Gasteiger partial charge is 1.00 e. The van der Waals surface area contributed by atoms with Gasteiger partial charge in [-0.05, 0) is 31.4 Å². The number of quaternary nitrogens is 1. The molecule has 0 N–H and O–H groups in total. The van der Waals surface area contributed by atoms with Crippen molar-refractivity contribution in [3.05, 3.63) is 24.3 Å². The lowest BCUT2D eigenvalue weighted by Gasteiger charge is -2.37. The average molecular weight is 463 g/mol. The van der Waals surface area contributed by atoms with Crippen LogP contribution in [0.5, 0.6) is 11.5 Å². The number of benzene rings is 1. The highest BCUT2D eigenvalue weighted by molar-refractivity contribution is 5.40. The van der Waals surface area contributed by atoms with Crippen LogP contribution in [0.25, 0.3) is 0 Å². The fourth-order valence-electron chi connectivity index (χ4n) is 3.24. The monoisotopic (exact) mass is 463 g/mol. The standard InChI is InChI=1S/C19H30NO4.HI/c1-20(10-13-21-14-11-20)9-5-2-6-12-22-15-17-16-23-18-7-3-4-8-19(18)24-17;/h3-4,7-8,17H,2,5-6,9-16H2,1H3;1H/q+1;/p-1. The van der Waals surface area contributed by atoms with E-state index >= 15 is 0 Å². The molecule has 2 heterocycles. The third-order valence-corrected chi connectivity index (χ3v) is 4.91. The lowest BCUT2D eigenvalue weighted by Crippen LogP contribution is -3.00. The van der Waals surface area contributed by atoms with Crippen molar-refractivity contribution in [3.63, 3.8) is 0 Å². The molecule has 142 valence electrons. The number of rotatable bonds is 8. The molecule has 0 aromatic heterocycles. The lowest BCUT2D eigenvalue weighted by atomic mass is 10.2. The van der Waals surface area contributed by atoms with E-state index in [-0.39, 0.29) is 30.1 Å². The number of unbranched alkanes of at least 4 members (excludes halogenated alkanes) is 2. The first-order valence-corrected chi connectivity index (χ1v) is 9.13. The second-order valence-corrected chi connectivity index (χ2v) is 7.04. The van der Waals surface area contributed by atoms with Crippen LogP contribution >= 0.6 is 0 Å². The van der Waals surface area contributed by atoms with E-state index in [9.17, 15) is 0 Å². The highest BCUT2D eigenvalue weighted by atomic mass is 127. The zero-order valence-electron chi connectivity index (χ0n) is 15.1. The summed E-state index contributed by atoms with van der Waals surface area (Å²) in [6.45, 7) is 7.33. The van der Waals surface area contributed by atoms with Gasteiger partial charge in [0.2, 0.25) is 0 Å². The quantitative estimate of drug-likeness (QED) is 0.296. The van der Waals surface area contributed by atoms with Crippen molar-refractivity contribution in [1.29, 1.82) is 0 Å². The average Bonchev–Trinajstić information content (AvgIpc) is 2.61. The number of fused-ring (bicyclic) bond motifs is 1. The van der Waals surface area contributed by atoms with Gasteiger partial charge in [0, 0.05) is 6.61 Å². The molecule has 0 bridgehead atoms. The minimum Gasteiger partial charge on any atom is -1.00 e. The number of nitrogens with zero attached hydrogens (tertiary/aromatic N) is 1. The van der Waals surface area contributed by atoms with E-state index in [0.29, 0.717) is 13.2 Å². The minimum atomic E-state index is -0.00211. The number of likely N-dealkylation sites (N-methyl/N-ethyl adjacent to an activating group) is 1. The zero-order chi connectivity index (χ0) is 16.7. The van der Waals surface area contributed by atoms with Crippen molar-refractivity contribution in [3.8, 4) is 11.5 Å². The SMILES string of the molecule is C[N+]1(CCCCCOCC2COc3ccccc3O2)CCOCC1.[I-]. The van der Waals surface area contributed by atoms with Crippen LogP contribution in [0.15, 0.2) is 24.3 Å². The van der Waals surface area contributed by atoms with Gasteiger partial charge in [-0.2, -0.15) is 0 Å². The highest BCUT2D eigenvalue weighted by Crippen LogP contribution is 2.30. The van der Waals surface area contributed by atoms with Crippen molar-refractivity contribution in [1.82, 2.24) is 0 Å². The molecule has 2 aliphatic rings. The molecule has 1 fully saturated rings. The molecule has 25 heavy (non-hydrogen) atoms. The summed E-state index contributed by atoms with van der Waals surface area (Å²) in [7, 11) is 2.34. The molecule has 3 rings (SSSR count). The summed E-state index contributed by atoms with van der Waals surface area (Å²) in [5.41, 5.74) is 0. The van der Waals surface area contributed by atoms with E-state index in [1.54, 1.807) is 0 Å². The first-order chi connectivity index (χ1) is 11.8.